The van der Waals surface area contributed by atoms with E-state index in [2.05, 4.69) is 0 Å². The molecule has 2 amide bonds. The number of nitrogens with zero attached hydrogens (tertiary/aromatic N) is 2. The fraction of sp³-hybridized carbons (Fsp3) is 0.545. The lowest BCUT2D eigenvalue weighted by Crippen LogP contribution is -2.50. The minimum Gasteiger partial charge on any atom is -0.497 e. The number of benzene rings is 1. The van der Waals surface area contributed by atoms with Crippen molar-refractivity contribution in [3.05, 3.63) is 29.8 Å². The minimum absolute atomic E-state index is 0.227. The highest BCUT2D eigenvalue weighted by molar-refractivity contribution is 5.90. The first kappa shape index (κ1) is 24.9. The fourth-order valence-electron chi connectivity index (χ4n) is 4.21. The molecule has 0 radical (unpaired) electrons. The lowest BCUT2D eigenvalue weighted by molar-refractivity contribution is -0.162. The molecule has 1 aromatic carbocycles. The molecule has 0 saturated carbocycles. The Hall–Kier alpha value is -3.26. The van der Waals surface area contributed by atoms with Gasteiger partial charge in [-0.05, 0) is 24.6 Å². The van der Waals surface area contributed by atoms with E-state index in [1.54, 1.807) is 16.9 Å². The second-order valence-corrected chi connectivity index (χ2v) is 8.21. The normalized spacial score (nSPS) is 31.1. The van der Waals surface area contributed by atoms with E-state index in [-0.39, 0.29) is 18.4 Å². The molecule has 35 heavy (non-hydrogen) atoms. The number of rotatable bonds is 6. The van der Waals surface area contributed by atoms with Crippen LogP contribution in [-0.4, -0.2) is 108 Å². The maximum atomic E-state index is 12.3. The van der Waals surface area contributed by atoms with E-state index < -0.39 is 48.9 Å². The topological polar surface area (TPSA) is 161 Å². The zero-order valence-electron chi connectivity index (χ0n) is 19.1. The number of likely N-dealkylation sites (N-methyl/N-ethyl adjacent to an activating group) is 1. The molecule has 4 bridgehead atoms. The molecule has 4 heterocycles. The van der Waals surface area contributed by atoms with Crippen LogP contribution in [0.4, 0.5) is 0 Å². The monoisotopic (exact) mass is 494 g/mol. The highest BCUT2D eigenvalue weighted by Gasteiger charge is 2.52. The van der Waals surface area contributed by atoms with Crippen LogP contribution in [0.25, 0.3) is 0 Å². The predicted octanol–water partition coefficient (Wildman–Crippen LogP) is -0.725. The smallest absolute Gasteiger partial charge is 0.336 e. The van der Waals surface area contributed by atoms with Crippen LogP contribution in [0, 0.1) is 0 Å². The molecule has 2 N–H and O–H groups in total. The third-order valence-electron chi connectivity index (χ3n) is 5.99. The van der Waals surface area contributed by atoms with Crippen LogP contribution in [-0.2, 0) is 44.7 Å². The molecule has 4 fully saturated rings. The van der Waals surface area contributed by atoms with Crippen molar-refractivity contribution >= 4 is 23.8 Å². The zero-order chi connectivity index (χ0) is 25.3. The number of aliphatic carboxylic acids is 2. The van der Waals surface area contributed by atoms with E-state index in [1.807, 2.05) is 31.2 Å². The Labute approximate surface area is 200 Å². The number of carbonyl (C=O) groups is 4. The van der Waals surface area contributed by atoms with Crippen LogP contribution < -0.4 is 4.74 Å². The molecular weight excluding hydrogens is 468 g/mol. The van der Waals surface area contributed by atoms with Gasteiger partial charge in [-0.15, -0.1) is 0 Å². The van der Waals surface area contributed by atoms with Gasteiger partial charge in [-0.2, -0.15) is 0 Å². The number of hydrogen-bond donors (Lipinski definition) is 2. The first-order chi connectivity index (χ1) is 16.7. The highest BCUT2D eigenvalue weighted by Crippen LogP contribution is 2.29. The number of carbonyl (C=O) groups excluding carboxylic acids is 2. The third-order valence-corrected chi connectivity index (χ3v) is 5.99. The molecule has 5 rings (SSSR count). The third kappa shape index (κ3) is 5.07. The Morgan fingerprint density at radius 1 is 0.886 bits per heavy atom. The van der Waals surface area contributed by atoms with Crippen LogP contribution in [0.1, 0.15) is 12.5 Å². The summed E-state index contributed by atoms with van der Waals surface area (Å²) in [6, 6.07) is 7.34. The van der Waals surface area contributed by atoms with Crippen molar-refractivity contribution in [2.75, 3.05) is 26.7 Å². The zero-order valence-corrected chi connectivity index (χ0v) is 19.1. The summed E-state index contributed by atoms with van der Waals surface area (Å²) < 4.78 is 25.8. The van der Waals surface area contributed by atoms with Gasteiger partial charge in [-0.3, -0.25) is 9.59 Å². The Bertz CT molecular complexity index is 984. The molecule has 4 saturated heterocycles. The van der Waals surface area contributed by atoms with Crippen molar-refractivity contribution in [2.45, 2.75) is 50.5 Å². The summed E-state index contributed by atoms with van der Waals surface area (Å²) in [5.41, 5.74) is 0.928. The van der Waals surface area contributed by atoms with Gasteiger partial charge in [-0.25, -0.2) is 9.59 Å². The van der Waals surface area contributed by atoms with Crippen molar-refractivity contribution in [1.29, 1.82) is 0 Å². The van der Waals surface area contributed by atoms with Crippen molar-refractivity contribution < 1.29 is 53.1 Å². The van der Waals surface area contributed by atoms with Gasteiger partial charge in [0.15, 0.2) is 37.0 Å². The van der Waals surface area contributed by atoms with Crippen LogP contribution in [0.2, 0.25) is 0 Å². The summed E-state index contributed by atoms with van der Waals surface area (Å²) in [5, 5.41) is 17.8. The molecule has 4 aliphatic rings. The van der Waals surface area contributed by atoms with E-state index in [9.17, 15) is 19.2 Å². The number of methoxy groups -OCH3 is 1. The number of ether oxygens (including phenoxy) is 5. The summed E-state index contributed by atoms with van der Waals surface area (Å²) >= 11 is 0. The first-order valence-electron chi connectivity index (χ1n) is 11.0. The molecule has 13 nitrogen and oxygen atoms in total. The quantitative estimate of drug-likeness (QED) is 0.513. The van der Waals surface area contributed by atoms with Gasteiger partial charge in [0.25, 0.3) is 11.8 Å². The van der Waals surface area contributed by atoms with E-state index in [1.165, 1.54) is 0 Å². The minimum atomic E-state index is -1.22. The Balaban J connectivity index is 0.000000179. The van der Waals surface area contributed by atoms with E-state index in [4.69, 9.17) is 33.9 Å². The SMILES string of the molecule is CCN1C[C@H]2O[C@H](C(=O)O)[C@H](O2)C1=O.COc1ccc(CN2C[C@@H]3O[C@@H](C(=O)O)[C@@H](O3)C2=O)cc1. The molecule has 1 aromatic rings. The number of morpholine rings is 2. The lowest BCUT2D eigenvalue weighted by atomic mass is 10.1. The summed E-state index contributed by atoms with van der Waals surface area (Å²) in [6.45, 7) is 3.30. The average molecular weight is 494 g/mol. The number of hydrogen-bond acceptors (Lipinski definition) is 9. The van der Waals surface area contributed by atoms with Crippen LogP contribution >= 0.6 is 0 Å². The summed E-state index contributed by atoms with van der Waals surface area (Å²) in [5.74, 6) is -2.24. The van der Waals surface area contributed by atoms with Crippen molar-refractivity contribution in [2.24, 2.45) is 0 Å². The predicted molar refractivity (Wildman–Crippen MR) is 113 cm³/mol. The van der Waals surface area contributed by atoms with Gasteiger partial charge >= 0.3 is 11.9 Å². The maximum absolute atomic E-state index is 12.3. The molecule has 190 valence electrons. The van der Waals surface area contributed by atoms with E-state index in [0.717, 1.165) is 11.3 Å². The lowest BCUT2D eigenvalue weighted by Gasteiger charge is -2.30. The average Bonchev–Trinajstić information content (AvgIpc) is 3.40. The van der Waals surface area contributed by atoms with Gasteiger partial charge in [0.05, 0.1) is 20.2 Å². The summed E-state index contributed by atoms with van der Waals surface area (Å²) in [6.07, 6.45) is -5.65. The molecule has 6 atom stereocenters. The molecule has 4 aliphatic heterocycles. The first-order valence-corrected chi connectivity index (χ1v) is 11.0. The molecule has 0 aliphatic carbocycles. The van der Waals surface area contributed by atoms with Gasteiger partial charge in [-0.1, -0.05) is 12.1 Å². The van der Waals surface area contributed by atoms with Gasteiger partial charge < -0.3 is 43.7 Å². The Kier molecular flexibility index (Phi) is 7.21. The number of carboxylic acids is 2. The number of amides is 2. The summed E-state index contributed by atoms with van der Waals surface area (Å²) in [7, 11) is 1.58. The van der Waals surface area contributed by atoms with E-state index in [0.29, 0.717) is 19.6 Å². The van der Waals surface area contributed by atoms with Crippen molar-refractivity contribution in [3.63, 3.8) is 0 Å². The second kappa shape index (κ2) is 10.2. The highest BCUT2D eigenvalue weighted by atomic mass is 16.8. The fourth-order valence-corrected chi connectivity index (χ4v) is 4.21. The van der Waals surface area contributed by atoms with Crippen LogP contribution in [0.15, 0.2) is 24.3 Å². The summed E-state index contributed by atoms with van der Waals surface area (Å²) in [4.78, 5) is 48.7. The molecule has 13 heteroatoms. The Morgan fingerprint density at radius 3 is 1.83 bits per heavy atom. The standard InChI is InChI=1S/C14H15NO6.C8H11NO5/c1-19-9-4-2-8(3-5-9)6-15-7-10-20-11(13(15)16)12(21-10)14(17)18;1-2-9-3-4-13-5(7(9)10)6(14-4)8(11)12/h2-5,10-12H,6-7H2,1H3,(H,17,18);4-6H,2-3H2,1H3,(H,11,12)/t10-,11+,12+;4-,5+,6+/m01/s1. The maximum Gasteiger partial charge on any atom is 0.336 e. The van der Waals surface area contributed by atoms with Gasteiger partial charge in [0, 0.05) is 13.1 Å². The van der Waals surface area contributed by atoms with Crippen LogP contribution in [0.3, 0.4) is 0 Å². The van der Waals surface area contributed by atoms with Gasteiger partial charge in [0.1, 0.15) is 5.75 Å². The molecule has 0 aromatic heterocycles. The van der Waals surface area contributed by atoms with Gasteiger partial charge in [0.2, 0.25) is 0 Å². The van der Waals surface area contributed by atoms with Crippen molar-refractivity contribution in [3.8, 4) is 5.75 Å². The van der Waals surface area contributed by atoms with Crippen molar-refractivity contribution in [1.82, 2.24) is 9.80 Å². The molecule has 0 unspecified atom stereocenters. The van der Waals surface area contributed by atoms with E-state index >= 15 is 0 Å². The number of carboxylic acid groups (broad SMARTS) is 2. The number of fused-ring (bicyclic) bond motifs is 4. The Morgan fingerprint density at radius 2 is 1.37 bits per heavy atom. The molecular formula is C22H26N2O11. The largest absolute Gasteiger partial charge is 0.497 e. The molecule has 0 spiro atoms. The second-order valence-electron chi connectivity index (χ2n) is 8.21. The van der Waals surface area contributed by atoms with Crippen LogP contribution in [0.5, 0.6) is 5.75 Å².